The summed E-state index contributed by atoms with van der Waals surface area (Å²) in [5.41, 5.74) is 0. The Morgan fingerprint density at radius 1 is 1.04 bits per heavy atom. The third-order valence-electron chi connectivity index (χ3n) is 5.46. The molecule has 0 aromatic carbocycles. The molecule has 0 unspecified atom stereocenters. The summed E-state index contributed by atoms with van der Waals surface area (Å²) >= 11 is 0. The van der Waals surface area contributed by atoms with E-state index in [-0.39, 0.29) is 0 Å². The fourth-order valence-electron chi connectivity index (χ4n) is 3.84. The van der Waals surface area contributed by atoms with Crippen LogP contribution in [-0.4, -0.2) is 74.7 Å². The summed E-state index contributed by atoms with van der Waals surface area (Å²) in [6.07, 6.45) is 7.65. The molecule has 2 aliphatic heterocycles. The molecular formula is C19H39N5. The molecule has 0 aromatic heterocycles. The largest absolute Gasteiger partial charge is 0.357 e. The highest BCUT2D eigenvalue weighted by Gasteiger charge is 2.19. The minimum atomic E-state index is 0.583. The Morgan fingerprint density at radius 2 is 1.75 bits per heavy atom. The normalized spacial score (nSPS) is 22.7. The number of piperidine rings is 2. The van der Waals surface area contributed by atoms with E-state index in [1.54, 1.807) is 0 Å². The summed E-state index contributed by atoms with van der Waals surface area (Å²) in [6.45, 7) is 12.5. The van der Waals surface area contributed by atoms with Crippen molar-refractivity contribution < 1.29 is 0 Å². The predicted octanol–water partition coefficient (Wildman–Crippen LogP) is 2.15. The van der Waals surface area contributed by atoms with Crippen molar-refractivity contribution >= 4 is 5.96 Å². The first-order valence-corrected chi connectivity index (χ1v) is 10.2. The van der Waals surface area contributed by atoms with E-state index < -0.39 is 0 Å². The van der Waals surface area contributed by atoms with Crippen LogP contribution >= 0.6 is 0 Å². The number of aliphatic imine (C=N–C) groups is 1. The zero-order valence-electron chi connectivity index (χ0n) is 16.2. The monoisotopic (exact) mass is 337 g/mol. The average molecular weight is 338 g/mol. The Labute approximate surface area is 149 Å². The molecule has 0 radical (unpaired) electrons. The van der Waals surface area contributed by atoms with Crippen LogP contribution in [0.15, 0.2) is 4.99 Å². The number of hydrogen-bond donors (Lipinski definition) is 2. The van der Waals surface area contributed by atoms with E-state index in [1.807, 2.05) is 0 Å². The van der Waals surface area contributed by atoms with Gasteiger partial charge in [0.05, 0.1) is 0 Å². The van der Waals surface area contributed by atoms with Gasteiger partial charge < -0.3 is 20.4 Å². The maximum atomic E-state index is 4.84. The molecule has 2 rings (SSSR count). The van der Waals surface area contributed by atoms with Gasteiger partial charge in [0.15, 0.2) is 5.96 Å². The Bertz CT molecular complexity index is 355. The third-order valence-corrected chi connectivity index (χ3v) is 5.46. The summed E-state index contributed by atoms with van der Waals surface area (Å²) in [5, 5.41) is 7.10. The topological polar surface area (TPSA) is 42.9 Å². The first kappa shape index (κ1) is 19.5. The molecule has 0 atom stereocenters. The molecule has 0 amide bonds. The van der Waals surface area contributed by atoms with Gasteiger partial charge in [-0.2, -0.15) is 0 Å². The van der Waals surface area contributed by atoms with Gasteiger partial charge in [-0.05, 0) is 78.0 Å². The fraction of sp³-hybridized carbons (Fsp3) is 0.947. The van der Waals surface area contributed by atoms with E-state index in [4.69, 9.17) is 4.99 Å². The number of likely N-dealkylation sites (tertiary alicyclic amines) is 2. The molecule has 5 heteroatoms. The highest BCUT2D eigenvalue weighted by atomic mass is 15.2. The standard InChI is InChI=1S/C19H39N5/c1-4-12-24-15-9-18(10-16-24)22-19(20-5-2)21-11-6-17-7-13-23(3)14-8-17/h17-18H,4-16H2,1-3H3,(H2,20,21,22). The molecule has 0 aromatic rings. The summed E-state index contributed by atoms with van der Waals surface area (Å²) < 4.78 is 0. The Morgan fingerprint density at radius 3 is 2.38 bits per heavy atom. The molecule has 2 aliphatic rings. The van der Waals surface area contributed by atoms with E-state index >= 15 is 0 Å². The van der Waals surface area contributed by atoms with Gasteiger partial charge in [-0.25, -0.2) is 0 Å². The number of rotatable bonds is 7. The number of nitrogens with zero attached hydrogens (tertiary/aromatic N) is 3. The van der Waals surface area contributed by atoms with E-state index in [0.29, 0.717) is 6.04 Å². The minimum absolute atomic E-state index is 0.583. The highest BCUT2D eigenvalue weighted by Crippen LogP contribution is 2.19. The maximum Gasteiger partial charge on any atom is 0.191 e. The lowest BCUT2D eigenvalue weighted by molar-refractivity contribution is 0.206. The zero-order valence-corrected chi connectivity index (χ0v) is 16.2. The van der Waals surface area contributed by atoms with Crippen molar-refractivity contribution in [3.63, 3.8) is 0 Å². The molecule has 0 bridgehead atoms. The molecule has 24 heavy (non-hydrogen) atoms. The van der Waals surface area contributed by atoms with E-state index in [1.165, 1.54) is 71.2 Å². The van der Waals surface area contributed by atoms with Gasteiger partial charge in [0, 0.05) is 32.2 Å². The van der Waals surface area contributed by atoms with Gasteiger partial charge in [-0.15, -0.1) is 0 Å². The molecule has 0 saturated carbocycles. The van der Waals surface area contributed by atoms with Gasteiger partial charge in [-0.3, -0.25) is 4.99 Å². The van der Waals surface area contributed by atoms with Crippen LogP contribution in [0.5, 0.6) is 0 Å². The third kappa shape index (κ3) is 6.98. The van der Waals surface area contributed by atoms with Crippen LogP contribution in [0.2, 0.25) is 0 Å². The minimum Gasteiger partial charge on any atom is -0.357 e. The second-order valence-electron chi connectivity index (χ2n) is 7.56. The number of guanidine groups is 1. The first-order valence-electron chi connectivity index (χ1n) is 10.2. The summed E-state index contributed by atoms with van der Waals surface area (Å²) in [4.78, 5) is 9.87. The number of nitrogens with one attached hydrogen (secondary N) is 2. The van der Waals surface area contributed by atoms with Crippen molar-refractivity contribution in [1.29, 1.82) is 0 Å². The summed E-state index contributed by atoms with van der Waals surface area (Å²) in [5.74, 6) is 1.89. The fourth-order valence-corrected chi connectivity index (χ4v) is 3.84. The van der Waals surface area contributed by atoms with Gasteiger partial charge in [0.25, 0.3) is 0 Å². The van der Waals surface area contributed by atoms with Crippen LogP contribution in [0.1, 0.15) is 52.4 Å². The lowest BCUT2D eigenvalue weighted by atomic mass is 9.94. The van der Waals surface area contributed by atoms with Crippen LogP contribution in [0, 0.1) is 5.92 Å². The van der Waals surface area contributed by atoms with Crippen molar-refractivity contribution in [1.82, 2.24) is 20.4 Å². The van der Waals surface area contributed by atoms with Crippen molar-refractivity contribution in [3.05, 3.63) is 0 Å². The quantitative estimate of drug-likeness (QED) is 0.552. The smallest absolute Gasteiger partial charge is 0.191 e. The molecular weight excluding hydrogens is 298 g/mol. The van der Waals surface area contributed by atoms with E-state index in [9.17, 15) is 0 Å². The lowest BCUT2D eigenvalue weighted by Crippen LogP contribution is -2.48. The van der Waals surface area contributed by atoms with Gasteiger partial charge >= 0.3 is 0 Å². The Kier molecular flexibility index (Phi) is 8.89. The maximum absolute atomic E-state index is 4.84. The molecule has 2 fully saturated rings. The first-order chi connectivity index (χ1) is 11.7. The van der Waals surface area contributed by atoms with Gasteiger partial charge in [0.2, 0.25) is 0 Å². The van der Waals surface area contributed by atoms with Crippen LogP contribution in [0.25, 0.3) is 0 Å². The molecule has 5 nitrogen and oxygen atoms in total. The zero-order chi connectivity index (χ0) is 17.2. The number of hydrogen-bond acceptors (Lipinski definition) is 3. The highest BCUT2D eigenvalue weighted by molar-refractivity contribution is 5.80. The van der Waals surface area contributed by atoms with Crippen LogP contribution in [-0.2, 0) is 0 Å². The SMILES string of the molecule is CCCN1CCC(NC(=NCCC2CCN(C)CC2)NCC)CC1. The van der Waals surface area contributed by atoms with Gasteiger partial charge in [0.1, 0.15) is 0 Å². The Balaban J connectivity index is 1.70. The van der Waals surface area contributed by atoms with Crippen molar-refractivity contribution in [2.45, 2.75) is 58.4 Å². The summed E-state index contributed by atoms with van der Waals surface area (Å²) in [7, 11) is 2.23. The van der Waals surface area contributed by atoms with E-state index in [0.717, 1.165) is 25.0 Å². The second-order valence-corrected chi connectivity index (χ2v) is 7.56. The molecule has 2 saturated heterocycles. The van der Waals surface area contributed by atoms with Crippen LogP contribution in [0.4, 0.5) is 0 Å². The average Bonchev–Trinajstić information content (AvgIpc) is 2.59. The van der Waals surface area contributed by atoms with Crippen LogP contribution < -0.4 is 10.6 Å². The van der Waals surface area contributed by atoms with Crippen molar-refractivity contribution in [3.8, 4) is 0 Å². The second kappa shape index (κ2) is 10.9. The van der Waals surface area contributed by atoms with Crippen LogP contribution in [0.3, 0.4) is 0 Å². The molecule has 140 valence electrons. The van der Waals surface area contributed by atoms with Crippen molar-refractivity contribution in [2.75, 3.05) is 52.9 Å². The summed E-state index contributed by atoms with van der Waals surface area (Å²) in [6, 6.07) is 0.583. The molecule has 0 aliphatic carbocycles. The Hall–Kier alpha value is -0.810. The van der Waals surface area contributed by atoms with E-state index in [2.05, 4.69) is 41.3 Å². The molecule has 2 heterocycles. The molecule has 0 spiro atoms. The molecule has 2 N–H and O–H groups in total. The van der Waals surface area contributed by atoms with Gasteiger partial charge in [-0.1, -0.05) is 6.92 Å². The van der Waals surface area contributed by atoms with Crippen molar-refractivity contribution in [2.24, 2.45) is 10.9 Å². The predicted molar refractivity (Wildman–Crippen MR) is 104 cm³/mol. The lowest BCUT2D eigenvalue weighted by Gasteiger charge is -2.33.